The average molecular weight is 324 g/mol. The summed E-state index contributed by atoms with van der Waals surface area (Å²) < 4.78 is 62.3. The van der Waals surface area contributed by atoms with Crippen molar-refractivity contribution < 1.29 is 22.0 Å². The van der Waals surface area contributed by atoms with Crippen molar-refractivity contribution in [2.45, 2.75) is 18.5 Å². The monoisotopic (exact) mass is 323 g/mol. The van der Waals surface area contributed by atoms with Gasteiger partial charge in [0.1, 0.15) is 4.60 Å². The lowest BCUT2D eigenvalue weighted by atomic mass is 10.1. The van der Waals surface area contributed by atoms with E-state index in [4.69, 9.17) is 11.6 Å². The van der Waals surface area contributed by atoms with Crippen LogP contribution in [0.1, 0.15) is 23.1 Å². The molecule has 0 aliphatic carbocycles. The molecular formula is C8H4BrClF5N. The SMILES string of the molecule is FC(F)c1c(Br)ncc(CCl)c1C(F)(F)F. The first-order chi connectivity index (χ1) is 7.29. The highest BCUT2D eigenvalue weighted by Gasteiger charge is 2.39. The molecule has 0 radical (unpaired) electrons. The predicted molar refractivity (Wildman–Crippen MR) is 51.5 cm³/mol. The fourth-order valence-electron chi connectivity index (χ4n) is 1.18. The Hall–Kier alpha value is -0.430. The maximum absolute atomic E-state index is 12.6. The van der Waals surface area contributed by atoms with Gasteiger partial charge in [0.2, 0.25) is 0 Å². The molecule has 1 aromatic rings. The molecule has 1 aromatic heterocycles. The Bertz CT molecular complexity index is 393. The maximum atomic E-state index is 12.6. The van der Waals surface area contributed by atoms with E-state index in [1.54, 1.807) is 0 Å². The molecule has 0 bridgehead atoms. The largest absolute Gasteiger partial charge is 0.417 e. The van der Waals surface area contributed by atoms with Crippen LogP contribution in [0.4, 0.5) is 22.0 Å². The van der Waals surface area contributed by atoms with Crippen LogP contribution in [0, 0.1) is 0 Å². The highest BCUT2D eigenvalue weighted by Crippen LogP contribution is 2.41. The van der Waals surface area contributed by atoms with Gasteiger partial charge in [-0.2, -0.15) is 13.2 Å². The number of nitrogens with zero attached hydrogens (tertiary/aromatic N) is 1. The zero-order chi connectivity index (χ0) is 12.5. The lowest BCUT2D eigenvalue weighted by Gasteiger charge is -2.16. The lowest BCUT2D eigenvalue weighted by molar-refractivity contribution is -0.140. The van der Waals surface area contributed by atoms with Crippen molar-refractivity contribution in [3.63, 3.8) is 0 Å². The number of alkyl halides is 6. The minimum atomic E-state index is -4.89. The molecule has 0 atom stereocenters. The van der Waals surface area contributed by atoms with Crippen molar-refractivity contribution in [1.82, 2.24) is 4.98 Å². The van der Waals surface area contributed by atoms with E-state index in [0.29, 0.717) is 0 Å². The van der Waals surface area contributed by atoms with Crippen molar-refractivity contribution in [3.8, 4) is 0 Å². The molecule has 0 saturated carbocycles. The molecule has 1 heterocycles. The molecule has 0 aromatic carbocycles. The Morgan fingerprint density at radius 3 is 2.31 bits per heavy atom. The number of aromatic nitrogens is 1. The molecule has 0 aliphatic heterocycles. The normalized spacial score (nSPS) is 12.2. The number of pyridine rings is 1. The van der Waals surface area contributed by atoms with Gasteiger partial charge in [0.25, 0.3) is 6.43 Å². The summed E-state index contributed by atoms with van der Waals surface area (Å²) >= 11 is 7.84. The van der Waals surface area contributed by atoms with Crippen molar-refractivity contribution in [1.29, 1.82) is 0 Å². The van der Waals surface area contributed by atoms with Gasteiger partial charge in [-0.05, 0) is 21.5 Å². The molecule has 0 N–H and O–H groups in total. The standard InChI is InChI=1S/C8H4BrClF5N/c9-6-4(7(11)12)5(8(13,14)15)3(1-10)2-16-6/h2,7H,1H2. The van der Waals surface area contributed by atoms with Crippen LogP contribution in [0.25, 0.3) is 0 Å². The number of hydrogen-bond donors (Lipinski definition) is 0. The van der Waals surface area contributed by atoms with Crippen molar-refractivity contribution in [2.75, 3.05) is 0 Å². The van der Waals surface area contributed by atoms with Gasteiger partial charge < -0.3 is 0 Å². The predicted octanol–water partition coefficient (Wildman–Crippen LogP) is 4.54. The molecule has 0 saturated heterocycles. The Kier molecular flexibility index (Phi) is 4.12. The van der Waals surface area contributed by atoms with Gasteiger partial charge in [0.15, 0.2) is 0 Å². The first kappa shape index (κ1) is 13.6. The van der Waals surface area contributed by atoms with E-state index in [2.05, 4.69) is 20.9 Å². The third-order valence-electron chi connectivity index (χ3n) is 1.79. The average Bonchev–Trinajstić information content (AvgIpc) is 2.15. The summed E-state index contributed by atoms with van der Waals surface area (Å²) in [6.07, 6.45) is -7.34. The molecule has 0 amide bonds. The lowest BCUT2D eigenvalue weighted by Crippen LogP contribution is -2.14. The van der Waals surface area contributed by atoms with E-state index in [9.17, 15) is 22.0 Å². The summed E-state index contributed by atoms with van der Waals surface area (Å²) in [6, 6.07) is 0. The van der Waals surface area contributed by atoms with E-state index in [1.165, 1.54) is 0 Å². The molecular weight excluding hydrogens is 320 g/mol. The van der Waals surface area contributed by atoms with Crippen LogP contribution in [-0.4, -0.2) is 4.98 Å². The summed E-state index contributed by atoms with van der Waals surface area (Å²) in [7, 11) is 0. The Balaban J connectivity index is 3.56. The van der Waals surface area contributed by atoms with E-state index < -0.39 is 39.8 Å². The van der Waals surface area contributed by atoms with Gasteiger partial charge >= 0.3 is 6.18 Å². The summed E-state index contributed by atoms with van der Waals surface area (Å²) in [5.74, 6) is -0.533. The van der Waals surface area contributed by atoms with Gasteiger partial charge in [0, 0.05) is 12.1 Å². The van der Waals surface area contributed by atoms with Gasteiger partial charge in [-0.15, -0.1) is 11.6 Å². The van der Waals surface area contributed by atoms with E-state index in [0.717, 1.165) is 6.20 Å². The maximum Gasteiger partial charge on any atom is 0.417 e. The summed E-state index contributed by atoms with van der Waals surface area (Å²) in [5, 5.41) is 0. The van der Waals surface area contributed by atoms with Crippen LogP contribution >= 0.6 is 27.5 Å². The van der Waals surface area contributed by atoms with Gasteiger partial charge in [-0.25, -0.2) is 13.8 Å². The Labute approximate surface area is 101 Å². The molecule has 8 heteroatoms. The van der Waals surface area contributed by atoms with Crippen molar-refractivity contribution >= 4 is 27.5 Å². The van der Waals surface area contributed by atoms with Gasteiger partial charge in [0.05, 0.1) is 11.1 Å². The van der Waals surface area contributed by atoms with Crippen molar-refractivity contribution in [2.24, 2.45) is 0 Å². The second-order valence-corrected chi connectivity index (χ2v) is 3.81. The molecule has 16 heavy (non-hydrogen) atoms. The smallest absolute Gasteiger partial charge is 0.248 e. The van der Waals surface area contributed by atoms with Crippen molar-refractivity contribution in [3.05, 3.63) is 27.5 Å². The summed E-state index contributed by atoms with van der Waals surface area (Å²) in [5.41, 5.74) is -3.06. The third-order valence-corrected chi connectivity index (χ3v) is 2.71. The quantitative estimate of drug-likeness (QED) is 0.442. The van der Waals surface area contributed by atoms with Crippen LogP contribution in [0.3, 0.4) is 0 Å². The van der Waals surface area contributed by atoms with Gasteiger partial charge in [-0.1, -0.05) is 0 Å². The summed E-state index contributed by atoms with van der Waals surface area (Å²) in [4.78, 5) is 3.40. The molecule has 0 fully saturated rings. The topological polar surface area (TPSA) is 12.9 Å². The first-order valence-corrected chi connectivity index (χ1v) is 5.20. The van der Waals surface area contributed by atoms with Crippen LogP contribution in [-0.2, 0) is 12.1 Å². The van der Waals surface area contributed by atoms with E-state index in [1.807, 2.05) is 0 Å². The second kappa shape index (κ2) is 4.83. The second-order valence-electron chi connectivity index (χ2n) is 2.80. The first-order valence-electron chi connectivity index (χ1n) is 3.87. The van der Waals surface area contributed by atoms with Gasteiger partial charge in [-0.3, -0.25) is 0 Å². The third kappa shape index (κ3) is 2.63. The molecule has 1 nitrogen and oxygen atoms in total. The van der Waals surface area contributed by atoms with E-state index in [-0.39, 0.29) is 0 Å². The van der Waals surface area contributed by atoms with Crippen LogP contribution < -0.4 is 0 Å². The highest BCUT2D eigenvalue weighted by atomic mass is 79.9. The fourth-order valence-corrected chi connectivity index (χ4v) is 1.86. The van der Waals surface area contributed by atoms with E-state index >= 15 is 0 Å². The molecule has 1 rings (SSSR count). The molecule has 0 unspecified atom stereocenters. The van der Waals surface area contributed by atoms with Crippen LogP contribution in [0.15, 0.2) is 10.8 Å². The molecule has 0 spiro atoms. The van der Waals surface area contributed by atoms with Crippen LogP contribution in [0.5, 0.6) is 0 Å². The molecule has 90 valence electrons. The molecule has 0 aliphatic rings. The zero-order valence-electron chi connectivity index (χ0n) is 7.45. The summed E-state index contributed by atoms with van der Waals surface area (Å²) in [6.45, 7) is 0. The zero-order valence-corrected chi connectivity index (χ0v) is 9.80. The number of hydrogen-bond acceptors (Lipinski definition) is 1. The Morgan fingerprint density at radius 2 is 1.94 bits per heavy atom. The fraction of sp³-hybridized carbons (Fsp3) is 0.375. The minimum absolute atomic E-state index is 0.465. The Morgan fingerprint density at radius 1 is 1.38 bits per heavy atom. The highest BCUT2D eigenvalue weighted by molar-refractivity contribution is 9.10. The van der Waals surface area contributed by atoms with Crippen LogP contribution in [0.2, 0.25) is 0 Å². The minimum Gasteiger partial charge on any atom is -0.248 e. The number of rotatable bonds is 2. The number of halogens is 7.